The quantitative estimate of drug-likeness (QED) is 0.0278. The highest BCUT2D eigenvalue weighted by molar-refractivity contribution is 7.88. The maximum Gasteiger partial charge on any atom is 0.451 e. The number of carbonyl (C=O) groups is 4. The molecule has 0 bridgehead atoms. The third-order valence-electron chi connectivity index (χ3n) is 21.0. The van der Waals surface area contributed by atoms with Crippen LogP contribution in [-0.2, 0) is 60.0 Å². The van der Waals surface area contributed by atoms with E-state index in [1.54, 1.807) is 27.7 Å². The molecule has 0 aromatic carbocycles. The van der Waals surface area contributed by atoms with E-state index < -0.39 is 167 Å². The van der Waals surface area contributed by atoms with E-state index in [2.05, 4.69) is 18.9 Å². The Hall–Kier alpha value is -3.02. The summed E-state index contributed by atoms with van der Waals surface area (Å²) >= 11 is 0. The Balaban J connectivity index is 0.000000236. The molecule has 4 heterocycles. The summed E-state index contributed by atoms with van der Waals surface area (Å²) in [5, 5.41) is 109. The lowest BCUT2D eigenvalue weighted by molar-refractivity contribution is -0.145. The lowest BCUT2D eigenvalue weighted by Crippen LogP contribution is -2.56. The van der Waals surface area contributed by atoms with Crippen LogP contribution in [-0.4, -0.2) is 285 Å². The van der Waals surface area contributed by atoms with Gasteiger partial charge < -0.3 is 106 Å². The van der Waals surface area contributed by atoms with Crippen molar-refractivity contribution in [2.45, 2.75) is 206 Å². The Morgan fingerprint density at radius 2 is 0.694 bits per heavy atom. The molecule has 0 aromatic heterocycles. The van der Waals surface area contributed by atoms with Crippen LogP contribution in [0.3, 0.4) is 0 Å². The minimum absolute atomic E-state index is 0.0341. The number of rotatable bonds is 32. The summed E-state index contributed by atoms with van der Waals surface area (Å²) in [5.41, 5.74) is 37.4. The van der Waals surface area contributed by atoms with Gasteiger partial charge in [0.05, 0.1) is 5.54 Å². The fourth-order valence-corrected chi connectivity index (χ4v) is 19.7. The summed E-state index contributed by atoms with van der Waals surface area (Å²) < 4.78 is 115. The Morgan fingerprint density at radius 1 is 0.449 bits per heavy atom. The second-order valence-corrected chi connectivity index (χ2v) is 36.4. The molecule has 4 aliphatic heterocycles. The van der Waals surface area contributed by atoms with Gasteiger partial charge in [-0.05, 0) is 103 Å². The summed E-state index contributed by atoms with van der Waals surface area (Å²) in [7, 11) is -21.6. The molecule has 98 heavy (non-hydrogen) atoms. The highest BCUT2D eigenvalue weighted by Crippen LogP contribution is 2.47. The Morgan fingerprint density at radius 3 is 0.908 bits per heavy atom. The fraction of sp³-hybridized carbons (Fsp3) is 0.920. The van der Waals surface area contributed by atoms with Crippen LogP contribution >= 0.6 is 0 Å². The lowest BCUT2D eigenvalue weighted by Gasteiger charge is -2.25. The molecule has 16 atom stereocenters. The van der Waals surface area contributed by atoms with Gasteiger partial charge in [-0.15, -0.1) is 0 Å². The molecule has 0 radical (unpaired) electrons. The predicted molar refractivity (Wildman–Crippen MR) is 357 cm³/mol. The van der Waals surface area contributed by atoms with Gasteiger partial charge in [-0.1, -0.05) is 39.5 Å². The normalized spacial score (nSPS) is 36.8. The molecule has 48 heteroatoms. The SMILES string of the molecule is CC1(C)C(N)C1NS(=O)(=O)N1C[C@H](CCCB(O)O)[C@](N)(C(=O)O)C1.CC1(N)CC1(C)NS(=O)(=O)N1C[C@H](CCCB(O)O)[C@](N)(C(=O)O)C1.CC1(N)CC1NS(=O)(=O)N1C[C@H](CCCB(O)O)[C@](N)(C(=O)O)C1.CC1(NS(=O)(=O)N2C[C@H](CCCB(O)O)[C@](N)(C(=O)O)C2)CC1N. The van der Waals surface area contributed by atoms with Gasteiger partial charge in [0.2, 0.25) is 0 Å². The van der Waals surface area contributed by atoms with Gasteiger partial charge in [0.1, 0.15) is 22.2 Å². The van der Waals surface area contributed by atoms with E-state index in [-0.39, 0.29) is 127 Å². The van der Waals surface area contributed by atoms with E-state index in [9.17, 15) is 73.3 Å². The molecule has 8 unspecified atom stereocenters. The number of hydrogen-bond donors (Lipinski definition) is 24. The smallest absolute Gasteiger partial charge is 0.451 e. The Labute approximate surface area is 573 Å². The summed E-state index contributed by atoms with van der Waals surface area (Å²) in [5.74, 6) is -7.59. The molecule has 8 aliphatic rings. The van der Waals surface area contributed by atoms with Gasteiger partial charge in [-0.3, -0.25) is 19.2 Å². The molecule has 40 nitrogen and oxygen atoms in total. The molecule has 8 rings (SSSR count). The van der Waals surface area contributed by atoms with Crippen LogP contribution in [0.1, 0.15) is 112 Å². The number of nitrogens with one attached hydrogen (secondary N) is 4. The van der Waals surface area contributed by atoms with E-state index >= 15 is 0 Å². The molecule has 4 saturated carbocycles. The first kappa shape index (κ1) is 85.6. The molecule has 0 amide bonds. The van der Waals surface area contributed by atoms with Crippen LogP contribution in [0.2, 0.25) is 25.3 Å². The predicted octanol–water partition coefficient (Wildman–Crippen LogP) is -10.3. The number of carboxylic acids is 4. The first-order valence-electron chi connectivity index (χ1n) is 32.1. The topological polar surface area (TPSA) is 717 Å². The first-order valence-corrected chi connectivity index (χ1v) is 37.9. The highest BCUT2D eigenvalue weighted by atomic mass is 32.2. The van der Waals surface area contributed by atoms with Crippen molar-refractivity contribution in [3.63, 3.8) is 0 Å². The number of hydrogen-bond acceptors (Lipinski definition) is 28. The minimum Gasteiger partial charge on any atom is -0.480 e. The Kier molecular flexibility index (Phi) is 27.1. The van der Waals surface area contributed by atoms with Crippen LogP contribution in [0, 0.1) is 29.1 Å². The average Bonchev–Trinajstić information content (AvgIpc) is 1.52. The van der Waals surface area contributed by atoms with E-state index in [4.69, 9.17) is 86.1 Å². The number of carboxylic acid groups (broad SMARTS) is 4. The van der Waals surface area contributed by atoms with E-state index in [0.29, 0.717) is 44.9 Å². The standard InChI is InChI=1S/2C13H27BN4O6S.2C12H25BN4O6S/c1-11(15)7-12(11,2)17-25(23,24)18-6-9(4-3-5-14(21)22)13(16,8-18)10(19)20;1-12(2)9(15)10(12)17-25(23,24)18-6-8(4-3-5-14(21)22)13(16,7-18)11(19)20;1-11(14)5-9(11)16-24(22,23)17-6-8(3-2-4-13(20)21)12(15,7-17)10(18)19;1-11(5-9(11)14)16-24(22,23)17-6-8(3-2-4-13(20)21)12(15,7-17)10(18)19/h9,17,21-22H,3-8,15-16H2,1-2H3,(H,19,20);8-10,17,21-22H,3-7,15-16H2,1-2H3,(H,19,20);2*8-9,16,20-21H,2-7,14-15H2,1H3,(H,18,19)/t9-,11?,12?,13-;8-,9?,10?,13-;2*8-,9?,11?,12-/m0000/s1. The second kappa shape index (κ2) is 31.0. The van der Waals surface area contributed by atoms with E-state index in [1.807, 2.05) is 13.8 Å². The summed E-state index contributed by atoms with van der Waals surface area (Å²) in [6.45, 7) is 9.06. The molecular weight excluding hydrogens is 1380 g/mol. The van der Waals surface area contributed by atoms with E-state index in [1.165, 1.54) is 0 Å². The highest BCUT2D eigenvalue weighted by Gasteiger charge is 2.64. The van der Waals surface area contributed by atoms with Crippen LogP contribution in [0.4, 0.5) is 0 Å². The van der Waals surface area contributed by atoms with Crippen molar-refractivity contribution in [2.75, 3.05) is 52.4 Å². The monoisotopic (exact) mass is 1480 g/mol. The van der Waals surface area contributed by atoms with Crippen LogP contribution in [0.5, 0.6) is 0 Å². The van der Waals surface area contributed by atoms with Crippen molar-refractivity contribution in [1.29, 1.82) is 0 Å². The van der Waals surface area contributed by atoms with Gasteiger partial charge in [0.25, 0.3) is 40.8 Å². The zero-order chi connectivity index (χ0) is 75.1. The molecule has 0 spiro atoms. The number of nitrogens with two attached hydrogens (primary N) is 8. The summed E-state index contributed by atoms with van der Waals surface area (Å²) in [4.78, 5) is 46.3. The fourth-order valence-electron chi connectivity index (χ4n) is 12.9. The third kappa shape index (κ3) is 20.5. The van der Waals surface area contributed by atoms with Crippen LogP contribution in [0.15, 0.2) is 0 Å². The van der Waals surface area contributed by atoms with Crippen LogP contribution < -0.4 is 64.8 Å². The zero-order valence-corrected chi connectivity index (χ0v) is 59.3. The number of aliphatic carboxylic acids is 4. The van der Waals surface area contributed by atoms with Gasteiger partial charge in [0, 0.05) is 117 Å². The molecule has 4 saturated heterocycles. The van der Waals surface area contributed by atoms with Crippen molar-refractivity contribution < 1.29 is 113 Å². The number of nitrogens with zero attached hydrogens (tertiary/aromatic N) is 4. The molecule has 0 aromatic rings. The Bertz CT molecular complexity index is 3330. The van der Waals surface area contributed by atoms with E-state index in [0.717, 1.165) is 17.2 Å². The van der Waals surface area contributed by atoms with Gasteiger partial charge >= 0.3 is 52.4 Å². The maximum absolute atomic E-state index is 12.6. The minimum atomic E-state index is -3.94. The van der Waals surface area contributed by atoms with Crippen molar-refractivity contribution in [1.82, 2.24) is 36.1 Å². The first-order chi connectivity index (χ1) is 44.3. The van der Waals surface area contributed by atoms with Gasteiger partial charge in [0.15, 0.2) is 0 Å². The van der Waals surface area contributed by atoms with Crippen molar-refractivity contribution in [3.05, 3.63) is 0 Å². The summed E-state index contributed by atoms with van der Waals surface area (Å²) in [6, 6.07) is -1.34. The molecule has 564 valence electrons. The molecule has 32 N–H and O–H groups in total. The maximum atomic E-state index is 12.6. The van der Waals surface area contributed by atoms with Crippen LogP contribution in [0.25, 0.3) is 0 Å². The zero-order valence-electron chi connectivity index (χ0n) is 56.0. The lowest BCUT2D eigenvalue weighted by atomic mass is 9.78. The average molecular weight is 1480 g/mol. The molecular formula is C50H104B4N16O24S4. The summed E-state index contributed by atoms with van der Waals surface area (Å²) in [6.07, 6.45) is 4.25. The molecule has 4 aliphatic carbocycles. The van der Waals surface area contributed by atoms with Gasteiger partial charge in [-0.25, -0.2) is 0 Å². The van der Waals surface area contributed by atoms with Gasteiger partial charge in [-0.2, -0.15) is 69.8 Å². The van der Waals surface area contributed by atoms with Crippen molar-refractivity contribution >= 4 is 93.2 Å². The van der Waals surface area contributed by atoms with Crippen molar-refractivity contribution in [2.24, 2.45) is 75.0 Å². The van der Waals surface area contributed by atoms with Crippen molar-refractivity contribution in [3.8, 4) is 0 Å². The molecule has 8 fully saturated rings. The third-order valence-corrected chi connectivity index (χ3v) is 27.4. The largest absolute Gasteiger partial charge is 0.480 e. The second-order valence-electron chi connectivity index (χ2n) is 29.7.